The summed E-state index contributed by atoms with van der Waals surface area (Å²) >= 11 is 5.22. The van der Waals surface area contributed by atoms with Crippen LogP contribution in [0.4, 0.5) is 5.82 Å². The third kappa shape index (κ3) is 3.65. The van der Waals surface area contributed by atoms with Crippen LogP contribution in [0.2, 0.25) is 0 Å². The fourth-order valence-corrected chi connectivity index (χ4v) is 5.06. The van der Waals surface area contributed by atoms with E-state index in [-0.39, 0.29) is 12.4 Å². The van der Waals surface area contributed by atoms with Gasteiger partial charge < -0.3 is 34.8 Å². The van der Waals surface area contributed by atoms with Crippen LogP contribution in [0.15, 0.2) is 12.7 Å². The van der Waals surface area contributed by atoms with Crippen molar-refractivity contribution in [2.24, 2.45) is 0 Å². The molecule has 0 spiro atoms. The molecule has 12 nitrogen and oxygen atoms in total. The second kappa shape index (κ2) is 7.86. The van der Waals surface area contributed by atoms with Gasteiger partial charge in [0.1, 0.15) is 30.2 Å². The van der Waals surface area contributed by atoms with Gasteiger partial charge in [0.25, 0.3) is 6.64 Å². The monoisotopic (exact) mass is 432 g/mol. The van der Waals surface area contributed by atoms with Crippen molar-refractivity contribution in [2.75, 3.05) is 38.6 Å². The minimum absolute atomic E-state index is 0.177. The lowest BCUT2D eigenvalue weighted by molar-refractivity contribution is -0.0489. The van der Waals surface area contributed by atoms with E-state index in [1.165, 1.54) is 17.2 Å². The average Bonchev–Trinajstić information content (AvgIpc) is 3.24. The Morgan fingerprint density at radius 2 is 2.00 bits per heavy atom. The number of imidazole rings is 1. The van der Waals surface area contributed by atoms with Crippen LogP contribution in [0.3, 0.4) is 0 Å². The number of nitrogen functional groups attached to an aromatic ring is 1. The molecule has 1 unspecified atom stereocenters. The number of hydrogen-bond donors (Lipinski definition) is 4. The van der Waals surface area contributed by atoms with E-state index < -0.39 is 31.2 Å². The molecule has 4 rings (SSSR count). The maximum atomic E-state index is 10.5. The fraction of sp³-hybridized carbons (Fsp3) is 0.643. The molecule has 28 heavy (non-hydrogen) atoms. The quantitative estimate of drug-likeness (QED) is 0.409. The number of morpholine rings is 1. The molecular formula is C14H21N6O6PS. The van der Waals surface area contributed by atoms with Gasteiger partial charge in [-0.3, -0.25) is 4.57 Å². The first-order chi connectivity index (χ1) is 13.4. The molecule has 0 saturated carbocycles. The number of fused-ring (bicyclic) bond motifs is 1. The molecule has 0 aromatic carbocycles. The van der Waals surface area contributed by atoms with Crippen molar-refractivity contribution in [3.05, 3.63) is 12.7 Å². The standard InChI is InChI=1S/C14H21N6O6PS/c15-12-9-13(17-6-16-12)20(7-18-9)14-11(22)10(21)8(26-14)5-25-27(23,28)19-1-3-24-4-2-19/h6-8,10-11,14,21-22H,1-5H2,(H,23,28)(H2,15,16,17)/t8-,10-,11-,14-,27?/m1/s1. The zero-order valence-corrected chi connectivity index (χ0v) is 16.4. The summed E-state index contributed by atoms with van der Waals surface area (Å²) in [5, 5.41) is 20.8. The number of nitrogens with two attached hydrogens (primary N) is 1. The largest absolute Gasteiger partial charge is 0.387 e. The Bertz CT molecular complexity index is 894. The van der Waals surface area contributed by atoms with Gasteiger partial charge >= 0.3 is 0 Å². The number of anilines is 1. The summed E-state index contributed by atoms with van der Waals surface area (Å²) in [4.78, 5) is 22.6. The summed E-state index contributed by atoms with van der Waals surface area (Å²) in [5.41, 5.74) is 6.51. The van der Waals surface area contributed by atoms with Crippen molar-refractivity contribution in [3.8, 4) is 0 Å². The fourth-order valence-electron chi connectivity index (χ4n) is 3.21. The number of aliphatic hydroxyl groups is 2. The summed E-state index contributed by atoms with van der Waals surface area (Å²) in [6.45, 7) is -1.55. The van der Waals surface area contributed by atoms with Gasteiger partial charge in [0.15, 0.2) is 17.7 Å². The van der Waals surface area contributed by atoms with Gasteiger partial charge in [0.05, 0.1) is 26.1 Å². The van der Waals surface area contributed by atoms with Crippen molar-refractivity contribution in [2.45, 2.75) is 24.5 Å². The summed E-state index contributed by atoms with van der Waals surface area (Å²) in [6, 6.07) is 0. The highest BCUT2D eigenvalue weighted by atomic mass is 32.5. The summed E-state index contributed by atoms with van der Waals surface area (Å²) in [5.74, 6) is 0.197. The minimum atomic E-state index is -3.23. The average molecular weight is 432 g/mol. The topological polar surface area (TPSA) is 161 Å². The molecule has 14 heteroatoms. The summed E-state index contributed by atoms with van der Waals surface area (Å²) in [6.07, 6.45) is -1.68. The van der Waals surface area contributed by atoms with Crippen molar-refractivity contribution >= 4 is 35.4 Å². The van der Waals surface area contributed by atoms with Crippen LogP contribution in [-0.2, 0) is 25.8 Å². The molecular weight excluding hydrogens is 411 g/mol. The number of nitrogens with zero attached hydrogens (tertiary/aromatic N) is 5. The third-order valence-corrected chi connectivity index (χ3v) is 7.36. The first kappa shape index (κ1) is 20.0. The number of rotatable bonds is 5. The molecule has 2 fully saturated rings. The molecule has 0 amide bonds. The second-order valence-electron chi connectivity index (χ2n) is 6.48. The molecule has 0 radical (unpaired) electrons. The van der Waals surface area contributed by atoms with E-state index >= 15 is 0 Å². The number of aliphatic hydroxyl groups excluding tert-OH is 2. The van der Waals surface area contributed by atoms with Crippen LogP contribution in [-0.4, -0.2) is 90.5 Å². The molecule has 5 atom stereocenters. The smallest absolute Gasteiger partial charge is 0.261 e. The molecule has 2 aliphatic heterocycles. The van der Waals surface area contributed by atoms with Crippen LogP contribution in [0, 0.1) is 0 Å². The summed E-state index contributed by atoms with van der Waals surface area (Å²) in [7, 11) is 0. The van der Waals surface area contributed by atoms with Gasteiger partial charge in [-0.15, -0.1) is 0 Å². The minimum Gasteiger partial charge on any atom is -0.387 e. The van der Waals surface area contributed by atoms with Gasteiger partial charge in [0.2, 0.25) is 0 Å². The number of aromatic nitrogens is 4. The molecule has 154 valence electrons. The normalized spacial score (nSPS) is 31.2. The summed E-state index contributed by atoms with van der Waals surface area (Å²) < 4.78 is 19.7. The van der Waals surface area contributed by atoms with E-state index in [0.717, 1.165) is 0 Å². The van der Waals surface area contributed by atoms with E-state index in [2.05, 4.69) is 15.0 Å². The highest BCUT2D eigenvalue weighted by molar-refractivity contribution is 8.08. The molecule has 5 N–H and O–H groups in total. The molecule has 2 aromatic rings. The number of hydrogen-bond acceptors (Lipinski definition) is 10. The van der Waals surface area contributed by atoms with E-state index in [0.29, 0.717) is 37.5 Å². The molecule has 2 aliphatic rings. The zero-order chi connectivity index (χ0) is 19.9. The Hall–Kier alpha value is -1.28. The lowest BCUT2D eigenvalue weighted by atomic mass is 10.1. The highest BCUT2D eigenvalue weighted by Gasteiger charge is 2.45. The van der Waals surface area contributed by atoms with Crippen LogP contribution in [0.25, 0.3) is 11.2 Å². The van der Waals surface area contributed by atoms with E-state index in [1.54, 1.807) is 4.67 Å². The molecule has 2 saturated heterocycles. The molecule has 2 aromatic heterocycles. The van der Waals surface area contributed by atoms with Crippen LogP contribution >= 0.6 is 6.64 Å². The maximum Gasteiger partial charge on any atom is 0.261 e. The first-order valence-corrected chi connectivity index (χ1v) is 11.3. The van der Waals surface area contributed by atoms with Gasteiger partial charge in [-0.05, 0) is 11.8 Å². The van der Waals surface area contributed by atoms with Crippen LogP contribution in [0.5, 0.6) is 0 Å². The van der Waals surface area contributed by atoms with E-state index in [9.17, 15) is 15.1 Å². The lowest BCUT2D eigenvalue weighted by Gasteiger charge is -2.33. The van der Waals surface area contributed by atoms with Crippen molar-refractivity contribution < 1.29 is 29.1 Å². The van der Waals surface area contributed by atoms with Gasteiger partial charge in [-0.1, -0.05) is 0 Å². The van der Waals surface area contributed by atoms with Crippen molar-refractivity contribution in [1.82, 2.24) is 24.2 Å². The van der Waals surface area contributed by atoms with E-state index in [4.69, 9.17) is 31.5 Å². The Balaban J connectivity index is 1.47. The molecule has 4 heterocycles. The zero-order valence-electron chi connectivity index (χ0n) is 14.7. The first-order valence-electron chi connectivity index (χ1n) is 8.63. The highest BCUT2D eigenvalue weighted by Crippen LogP contribution is 2.47. The second-order valence-corrected chi connectivity index (χ2v) is 9.71. The Morgan fingerprint density at radius 1 is 1.25 bits per heavy atom. The Labute approximate surface area is 165 Å². The maximum absolute atomic E-state index is 10.5. The lowest BCUT2D eigenvalue weighted by Crippen LogP contribution is -2.36. The Morgan fingerprint density at radius 3 is 2.75 bits per heavy atom. The number of ether oxygens (including phenoxy) is 2. The predicted molar refractivity (Wildman–Crippen MR) is 101 cm³/mol. The Kier molecular flexibility index (Phi) is 5.62. The van der Waals surface area contributed by atoms with Gasteiger partial charge in [-0.25, -0.2) is 19.6 Å². The molecule has 0 bridgehead atoms. The van der Waals surface area contributed by atoms with Crippen molar-refractivity contribution in [1.29, 1.82) is 0 Å². The molecule has 0 aliphatic carbocycles. The predicted octanol–water partition coefficient (Wildman–Crippen LogP) is -1.41. The van der Waals surface area contributed by atoms with Gasteiger partial charge in [-0.2, -0.15) is 0 Å². The third-order valence-electron chi connectivity index (χ3n) is 4.75. The van der Waals surface area contributed by atoms with Gasteiger partial charge in [0, 0.05) is 13.1 Å². The van der Waals surface area contributed by atoms with Crippen LogP contribution in [0.1, 0.15) is 6.23 Å². The SMILES string of the molecule is Nc1ncnc2c1ncn2[C@@H]1O[C@H](COP(O)(=S)N2CCOCC2)[C@@H](O)[C@H]1O. The van der Waals surface area contributed by atoms with Crippen LogP contribution < -0.4 is 5.73 Å². The van der Waals surface area contributed by atoms with E-state index in [1.807, 2.05) is 0 Å². The van der Waals surface area contributed by atoms with Crippen molar-refractivity contribution in [3.63, 3.8) is 0 Å².